The zero-order chi connectivity index (χ0) is 27.6. The molecule has 0 saturated carbocycles. The number of hydrogen-bond acceptors (Lipinski definition) is 7. The van der Waals surface area contributed by atoms with Crippen molar-refractivity contribution >= 4 is 19.7 Å². The first-order valence-corrected chi connectivity index (χ1v) is 15.3. The summed E-state index contributed by atoms with van der Waals surface area (Å²) in [5.74, 6) is -0.707. The van der Waals surface area contributed by atoms with Crippen LogP contribution in [0, 0.1) is 0 Å². The van der Waals surface area contributed by atoms with E-state index in [0.29, 0.717) is 6.42 Å². The minimum atomic E-state index is -4.37. The van der Waals surface area contributed by atoms with Crippen molar-refractivity contribution in [3.05, 3.63) is 24.3 Å². The number of amides is 1. The van der Waals surface area contributed by atoms with Crippen LogP contribution in [0.15, 0.2) is 24.3 Å². The normalized spacial score (nSPS) is 14.2. The minimum absolute atomic E-state index is 0.0758. The van der Waals surface area contributed by atoms with Gasteiger partial charge in [0, 0.05) is 19.9 Å². The van der Waals surface area contributed by atoms with Crippen molar-refractivity contribution in [3.8, 4) is 0 Å². The molecule has 0 heterocycles. The molecular formula is C27H50NO8P. The van der Waals surface area contributed by atoms with Gasteiger partial charge in [-0.05, 0) is 38.5 Å². The molecule has 2 atom stereocenters. The molecule has 10 heteroatoms. The second-order valence-electron chi connectivity index (χ2n) is 9.09. The number of aliphatic hydroxyl groups is 1. The number of rotatable bonds is 25. The lowest BCUT2D eigenvalue weighted by Gasteiger charge is -2.15. The number of allylic oxidation sites excluding steroid dienone is 4. The molecule has 37 heavy (non-hydrogen) atoms. The highest BCUT2D eigenvalue weighted by Crippen LogP contribution is 2.42. The van der Waals surface area contributed by atoms with Gasteiger partial charge in [0.25, 0.3) is 0 Å². The molecule has 0 fully saturated rings. The van der Waals surface area contributed by atoms with Crippen molar-refractivity contribution in [2.45, 2.75) is 110 Å². The monoisotopic (exact) mass is 547 g/mol. The van der Waals surface area contributed by atoms with Gasteiger partial charge in [-0.3, -0.25) is 18.6 Å². The molecule has 3 N–H and O–H groups in total. The maximum Gasteiger partial charge on any atom is 0.472 e. The second kappa shape index (κ2) is 24.8. The van der Waals surface area contributed by atoms with E-state index >= 15 is 0 Å². The Kier molecular flexibility index (Phi) is 23.8. The summed E-state index contributed by atoms with van der Waals surface area (Å²) in [6.07, 6.45) is 23.3. The van der Waals surface area contributed by atoms with Crippen LogP contribution < -0.4 is 5.32 Å². The van der Waals surface area contributed by atoms with Crippen molar-refractivity contribution in [1.29, 1.82) is 0 Å². The number of phosphoric acid groups is 1. The van der Waals surface area contributed by atoms with E-state index in [1.54, 1.807) is 0 Å². The van der Waals surface area contributed by atoms with Gasteiger partial charge in [0.1, 0.15) is 12.7 Å². The molecule has 0 saturated heterocycles. The Morgan fingerprint density at radius 1 is 0.865 bits per heavy atom. The van der Waals surface area contributed by atoms with Gasteiger partial charge < -0.3 is 20.1 Å². The third-order valence-electron chi connectivity index (χ3n) is 5.44. The Morgan fingerprint density at radius 3 is 2.08 bits per heavy atom. The topological polar surface area (TPSA) is 131 Å². The first kappa shape index (κ1) is 35.5. The molecule has 0 aliphatic rings. The Labute approximate surface area is 223 Å². The first-order valence-electron chi connectivity index (χ1n) is 13.8. The van der Waals surface area contributed by atoms with Crippen molar-refractivity contribution in [1.82, 2.24) is 5.32 Å². The summed E-state index contributed by atoms with van der Waals surface area (Å²) in [6.45, 7) is 2.41. The number of carbonyl (C=O) groups is 2. The van der Waals surface area contributed by atoms with Crippen molar-refractivity contribution in [2.75, 3.05) is 26.4 Å². The van der Waals surface area contributed by atoms with Crippen molar-refractivity contribution in [2.24, 2.45) is 0 Å². The maximum absolute atomic E-state index is 11.9. The Balaban J connectivity index is 3.53. The molecule has 216 valence electrons. The highest BCUT2D eigenvalue weighted by Gasteiger charge is 2.23. The van der Waals surface area contributed by atoms with E-state index in [9.17, 15) is 24.2 Å². The standard InChI is InChI=1S/C27H50NO8P/c1-3-4-5-6-7-8-9-10-11-12-13-14-15-16-17-18-19-20-27(31)28-21-22-35-37(32,33)36-24-26(30)23-34-25(2)29/h7-8,10-11,26,30H,3-6,9,12-24H2,1-2H3,(H,28,31)(H,32,33)/b8-7-,11-10-. The van der Waals surface area contributed by atoms with Crippen molar-refractivity contribution in [3.63, 3.8) is 0 Å². The van der Waals surface area contributed by atoms with Gasteiger partial charge in [0.15, 0.2) is 0 Å². The summed E-state index contributed by atoms with van der Waals surface area (Å²) in [5, 5.41) is 12.1. The van der Waals surface area contributed by atoms with Crippen LogP contribution in [0.3, 0.4) is 0 Å². The summed E-state index contributed by atoms with van der Waals surface area (Å²) in [4.78, 5) is 32.1. The highest BCUT2D eigenvalue weighted by atomic mass is 31.2. The SMILES string of the molecule is CCCCC/C=C\C/C=C\CCCCCCCCCC(=O)NCCOP(=O)(O)OCC(O)COC(C)=O. The summed E-state index contributed by atoms with van der Waals surface area (Å²) in [6, 6.07) is 0. The Morgan fingerprint density at radius 2 is 1.46 bits per heavy atom. The maximum atomic E-state index is 11.9. The van der Waals surface area contributed by atoms with Crippen LogP contribution in [-0.2, 0) is 27.9 Å². The lowest BCUT2D eigenvalue weighted by Crippen LogP contribution is -2.27. The zero-order valence-corrected chi connectivity index (χ0v) is 23.8. The third-order valence-corrected chi connectivity index (χ3v) is 6.43. The molecule has 9 nitrogen and oxygen atoms in total. The van der Waals surface area contributed by atoms with Crippen LogP contribution in [0.4, 0.5) is 0 Å². The van der Waals surface area contributed by atoms with E-state index in [4.69, 9.17) is 4.52 Å². The summed E-state index contributed by atoms with van der Waals surface area (Å²) in [5.41, 5.74) is 0. The Bertz CT molecular complexity index is 683. The van der Waals surface area contributed by atoms with E-state index in [0.717, 1.165) is 32.1 Å². The fraction of sp³-hybridized carbons (Fsp3) is 0.778. The molecular weight excluding hydrogens is 497 g/mol. The van der Waals surface area contributed by atoms with Crippen LogP contribution in [0.5, 0.6) is 0 Å². The number of nitrogens with one attached hydrogen (secondary N) is 1. The molecule has 0 aliphatic heterocycles. The third kappa shape index (κ3) is 27.3. The van der Waals surface area contributed by atoms with Crippen molar-refractivity contribution < 1.29 is 37.9 Å². The molecule has 0 aliphatic carbocycles. The molecule has 0 aromatic rings. The van der Waals surface area contributed by atoms with E-state index in [1.807, 2.05) is 0 Å². The lowest BCUT2D eigenvalue weighted by molar-refractivity contribution is -0.144. The van der Waals surface area contributed by atoms with Crippen LogP contribution in [-0.4, -0.2) is 54.3 Å². The van der Waals surface area contributed by atoms with Gasteiger partial charge in [0.05, 0.1) is 13.2 Å². The van der Waals surface area contributed by atoms with Gasteiger partial charge in [-0.2, -0.15) is 0 Å². The van der Waals surface area contributed by atoms with Crippen LogP contribution >= 0.6 is 7.82 Å². The number of ether oxygens (including phenoxy) is 1. The van der Waals surface area contributed by atoms with E-state index in [-0.39, 0.29) is 25.7 Å². The molecule has 0 aromatic carbocycles. The van der Waals surface area contributed by atoms with Crippen LogP contribution in [0.2, 0.25) is 0 Å². The van der Waals surface area contributed by atoms with Gasteiger partial charge in [-0.15, -0.1) is 0 Å². The fourth-order valence-corrected chi connectivity index (χ4v) is 4.13. The van der Waals surface area contributed by atoms with Crippen LogP contribution in [0.1, 0.15) is 104 Å². The molecule has 2 unspecified atom stereocenters. The second-order valence-corrected chi connectivity index (χ2v) is 10.5. The minimum Gasteiger partial charge on any atom is -0.463 e. The Hall–Kier alpha value is -1.51. The first-order chi connectivity index (χ1) is 17.8. The summed E-state index contributed by atoms with van der Waals surface area (Å²) >= 11 is 0. The molecule has 0 rings (SSSR count). The number of phosphoric ester groups is 1. The predicted molar refractivity (Wildman–Crippen MR) is 146 cm³/mol. The molecule has 0 aromatic heterocycles. The number of unbranched alkanes of at least 4 members (excludes halogenated alkanes) is 10. The summed E-state index contributed by atoms with van der Waals surface area (Å²) < 4.78 is 25.6. The summed E-state index contributed by atoms with van der Waals surface area (Å²) in [7, 11) is -4.37. The average Bonchev–Trinajstić information content (AvgIpc) is 2.86. The molecule has 0 bridgehead atoms. The number of aliphatic hydroxyl groups excluding tert-OH is 1. The van der Waals surface area contributed by atoms with Gasteiger partial charge in [-0.25, -0.2) is 4.57 Å². The number of carbonyl (C=O) groups excluding carboxylic acids is 2. The lowest BCUT2D eigenvalue weighted by atomic mass is 10.1. The van der Waals surface area contributed by atoms with E-state index in [1.165, 1.54) is 58.3 Å². The fourth-order valence-electron chi connectivity index (χ4n) is 3.37. The quantitative estimate of drug-likeness (QED) is 0.0569. The van der Waals surface area contributed by atoms with Gasteiger partial charge in [-0.1, -0.05) is 76.2 Å². The number of esters is 1. The highest BCUT2D eigenvalue weighted by molar-refractivity contribution is 7.47. The molecule has 0 spiro atoms. The largest absolute Gasteiger partial charge is 0.472 e. The van der Waals surface area contributed by atoms with E-state index in [2.05, 4.69) is 45.8 Å². The zero-order valence-electron chi connectivity index (χ0n) is 22.9. The van der Waals surface area contributed by atoms with Crippen LogP contribution in [0.25, 0.3) is 0 Å². The van der Waals surface area contributed by atoms with E-state index < -0.39 is 26.5 Å². The molecule has 1 amide bonds. The molecule has 0 radical (unpaired) electrons. The van der Waals surface area contributed by atoms with Gasteiger partial charge >= 0.3 is 13.8 Å². The van der Waals surface area contributed by atoms with Gasteiger partial charge in [0.2, 0.25) is 5.91 Å². The average molecular weight is 548 g/mol. The smallest absolute Gasteiger partial charge is 0.463 e. The predicted octanol–water partition coefficient (Wildman–Crippen LogP) is 5.75. The number of hydrogen-bond donors (Lipinski definition) is 3.